The molecule has 0 spiro atoms. The number of hydrogen-bond acceptors (Lipinski definition) is 5. The zero-order valence-corrected chi connectivity index (χ0v) is 19.3. The van der Waals surface area contributed by atoms with Gasteiger partial charge in [-0.2, -0.15) is 4.73 Å². The first-order valence-corrected chi connectivity index (χ1v) is 11.4. The van der Waals surface area contributed by atoms with Crippen molar-refractivity contribution in [3.63, 3.8) is 0 Å². The summed E-state index contributed by atoms with van der Waals surface area (Å²) in [5, 5.41) is 0.945. The van der Waals surface area contributed by atoms with Crippen LogP contribution in [0, 0.1) is 5.82 Å². The molecule has 1 saturated heterocycles. The lowest BCUT2D eigenvalue weighted by Gasteiger charge is -2.40. The minimum Gasteiger partial charge on any atom is -0.337 e. The fourth-order valence-corrected chi connectivity index (χ4v) is 4.64. The Hall–Kier alpha value is -3.55. The molecule has 34 heavy (non-hydrogen) atoms. The molecule has 0 aliphatic carbocycles. The predicted molar refractivity (Wildman–Crippen MR) is 129 cm³/mol. The molecule has 0 amide bonds. The molecule has 3 heterocycles. The van der Waals surface area contributed by atoms with Gasteiger partial charge >= 0.3 is 5.97 Å². The number of benzene rings is 2. The lowest BCUT2D eigenvalue weighted by molar-refractivity contribution is -0.140. The van der Waals surface area contributed by atoms with Gasteiger partial charge in [-0.25, -0.2) is 9.18 Å². The van der Waals surface area contributed by atoms with E-state index in [0.717, 1.165) is 47.2 Å². The zero-order valence-electron chi connectivity index (χ0n) is 19.3. The Morgan fingerprint density at radius 1 is 1.12 bits per heavy atom. The molecule has 6 nitrogen and oxygen atoms in total. The standard InChI is InChI=1S/C27H27FN4O2/c1-19(33)34-32-11-9-22-14-21(6-8-26(22)32)20-5-7-25(28)24(15-20)17-31-13-12-30(2)18-27(31)23-4-3-10-29-16-23/h3-11,14-16,27H,12-13,17-18H2,1-2H3. The highest BCUT2D eigenvalue weighted by molar-refractivity contribution is 5.86. The highest BCUT2D eigenvalue weighted by Gasteiger charge is 2.27. The molecule has 1 unspecified atom stereocenters. The number of carbonyl (C=O) groups excluding carboxylic acids is 1. The normalized spacial score (nSPS) is 17.2. The van der Waals surface area contributed by atoms with Crippen molar-refractivity contribution in [2.75, 3.05) is 26.7 Å². The fraction of sp³-hybridized carbons (Fsp3) is 0.259. The third kappa shape index (κ3) is 4.58. The first-order chi connectivity index (χ1) is 16.5. The van der Waals surface area contributed by atoms with Crippen LogP contribution >= 0.6 is 0 Å². The molecule has 174 valence electrons. The van der Waals surface area contributed by atoms with Crippen molar-refractivity contribution in [1.82, 2.24) is 19.5 Å². The summed E-state index contributed by atoms with van der Waals surface area (Å²) in [5.74, 6) is -0.576. The van der Waals surface area contributed by atoms with Gasteiger partial charge in [-0.3, -0.25) is 9.88 Å². The summed E-state index contributed by atoms with van der Waals surface area (Å²) in [6.07, 6.45) is 5.40. The molecule has 1 aliphatic rings. The number of hydrogen-bond donors (Lipinski definition) is 0. The first-order valence-electron chi connectivity index (χ1n) is 11.4. The number of nitrogens with zero attached hydrogens (tertiary/aromatic N) is 4. The molecule has 0 radical (unpaired) electrons. The highest BCUT2D eigenvalue weighted by atomic mass is 19.1. The van der Waals surface area contributed by atoms with Crippen LogP contribution in [-0.4, -0.2) is 52.2 Å². The Morgan fingerprint density at radius 2 is 1.94 bits per heavy atom. The van der Waals surface area contributed by atoms with Crippen LogP contribution in [0.3, 0.4) is 0 Å². The van der Waals surface area contributed by atoms with Crippen LogP contribution in [0.2, 0.25) is 0 Å². The summed E-state index contributed by atoms with van der Waals surface area (Å²) in [6.45, 7) is 4.57. The number of fused-ring (bicyclic) bond motifs is 1. The molecule has 1 atom stereocenters. The third-order valence-corrected chi connectivity index (χ3v) is 6.40. The van der Waals surface area contributed by atoms with Crippen LogP contribution in [0.1, 0.15) is 24.1 Å². The van der Waals surface area contributed by atoms with Gasteiger partial charge in [0.05, 0.1) is 5.52 Å². The summed E-state index contributed by atoms with van der Waals surface area (Å²) in [4.78, 5) is 25.5. The molecular weight excluding hydrogens is 431 g/mol. The second kappa shape index (κ2) is 9.37. The van der Waals surface area contributed by atoms with E-state index in [-0.39, 0.29) is 17.8 Å². The van der Waals surface area contributed by atoms with Crippen molar-refractivity contribution in [1.29, 1.82) is 0 Å². The molecule has 7 heteroatoms. The summed E-state index contributed by atoms with van der Waals surface area (Å²) >= 11 is 0. The van der Waals surface area contributed by atoms with E-state index >= 15 is 0 Å². The number of pyridine rings is 1. The van der Waals surface area contributed by atoms with Crippen molar-refractivity contribution in [3.8, 4) is 11.1 Å². The Morgan fingerprint density at radius 3 is 2.74 bits per heavy atom. The van der Waals surface area contributed by atoms with E-state index in [1.807, 2.05) is 48.7 Å². The van der Waals surface area contributed by atoms with Crippen LogP contribution in [0.4, 0.5) is 4.39 Å². The van der Waals surface area contributed by atoms with Gasteiger partial charge in [-0.05, 0) is 60.1 Å². The lowest BCUT2D eigenvalue weighted by atomic mass is 9.99. The maximum Gasteiger partial charge on any atom is 0.329 e. The van der Waals surface area contributed by atoms with Crippen LogP contribution in [0.15, 0.2) is 73.2 Å². The van der Waals surface area contributed by atoms with Gasteiger partial charge in [0.2, 0.25) is 0 Å². The van der Waals surface area contributed by atoms with Gasteiger partial charge in [-0.1, -0.05) is 18.2 Å². The van der Waals surface area contributed by atoms with E-state index in [1.54, 1.807) is 18.5 Å². The van der Waals surface area contributed by atoms with Crippen molar-refractivity contribution >= 4 is 16.9 Å². The molecule has 4 aromatic rings. The topological polar surface area (TPSA) is 50.6 Å². The van der Waals surface area contributed by atoms with E-state index in [2.05, 4.69) is 27.9 Å². The summed E-state index contributed by atoms with van der Waals surface area (Å²) in [7, 11) is 2.12. The number of rotatable bonds is 5. The van der Waals surface area contributed by atoms with E-state index < -0.39 is 0 Å². The van der Waals surface area contributed by atoms with Crippen LogP contribution < -0.4 is 4.84 Å². The predicted octanol–water partition coefficient (Wildman–Crippen LogP) is 4.31. The molecule has 0 bridgehead atoms. The minimum atomic E-state index is -0.377. The third-order valence-electron chi connectivity index (χ3n) is 6.40. The van der Waals surface area contributed by atoms with Crippen molar-refractivity contribution in [3.05, 3.63) is 90.1 Å². The van der Waals surface area contributed by atoms with E-state index in [0.29, 0.717) is 12.1 Å². The van der Waals surface area contributed by atoms with Crippen LogP contribution in [-0.2, 0) is 11.3 Å². The zero-order chi connectivity index (χ0) is 23.7. The summed E-state index contributed by atoms with van der Waals surface area (Å²) < 4.78 is 16.4. The smallest absolute Gasteiger partial charge is 0.329 e. The first kappa shape index (κ1) is 22.3. The molecule has 0 saturated carbocycles. The molecular formula is C27H27FN4O2. The second-order valence-electron chi connectivity index (χ2n) is 8.84. The summed E-state index contributed by atoms with van der Waals surface area (Å²) in [5.41, 5.74) is 4.56. The Kier molecular flexibility index (Phi) is 6.13. The molecule has 1 aliphatic heterocycles. The number of piperazine rings is 1. The molecule has 0 N–H and O–H groups in total. The average Bonchev–Trinajstić information content (AvgIpc) is 3.23. The average molecular weight is 459 g/mol. The summed E-state index contributed by atoms with van der Waals surface area (Å²) in [6, 6.07) is 17.3. The molecule has 2 aromatic carbocycles. The fourth-order valence-electron chi connectivity index (χ4n) is 4.64. The largest absolute Gasteiger partial charge is 0.337 e. The van der Waals surface area contributed by atoms with Gasteiger partial charge in [0.25, 0.3) is 0 Å². The van der Waals surface area contributed by atoms with Gasteiger partial charge in [-0.15, -0.1) is 0 Å². The highest BCUT2D eigenvalue weighted by Crippen LogP contribution is 2.30. The number of carbonyl (C=O) groups is 1. The van der Waals surface area contributed by atoms with Crippen molar-refractivity contribution in [2.24, 2.45) is 0 Å². The quantitative estimate of drug-likeness (QED) is 0.446. The van der Waals surface area contributed by atoms with Crippen molar-refractivity contribution in [2.45, 2.75) is 19.5 Å². The van der Waals surface area contributed by atoms with Crippen LogP contribution in [0.5, 0.6) is 0 Å². The number of halogens is 1. The van der Waals surface area contributed by atoms with Gasteiger partial charge in [0.15, 0.2) is 0 Å². The molecule has 2 aromatic heterocycles. The number of aromatic nitrogens is 2. The maximum atomic E-state index is 14.9. The van der Waals surface area contributed by atoms with E-state index in [4.69, 9.17) is 4.84 Å². The lowest BCUT2D eigenvalue weighted by Crippen LogP contribution is -2.46. The SMILES string of the molecule is CC(=O)On1ccc2cc(-c3ccc(F)c(CN4CCN(C)CC4c4cccnc4)c3)ccc21. The maximum absolute atomic E-state index is 14.9. The Bertz CT molecular complexity index is 1320. The van der Waals surface area contributed by atoms with Gasteiger partial charge in [0, 0.05) is 68.7 Å². The second-order valence-corrected chi connectivity index (χ2v) is 8.84. The Labute approximate surface area is 198 Å². The minimum absolute atomic E-state index is 0.160. The van der Waals surface area contributed by atoms with Gasteiger partial charge < -0.3 is 9.74 Å². The van der Waals surface area contributed by atoms with Crippen LogP contribution in [0.25, 0.3) is 22.0 Å². The number of likely N-dealkylation sites (N-methyl/N-ethyl adjacent to an activating group) is 1. The molecule has 1 fully saturated rings. The van der Waals surface area contributed by atoms with Crippen molar-refractivity contribution < 1.29 is 14.0 Å². The Balaban J connectivity index is 1.43. The molecule has 5 rings (SSSR count). The van der Waals surface area contributed by atoms with Gasteiger partial charge in [0.1, 0.15) is 5.82 Å². The monoisotopic (exact) mass is 458 g/mol. The van der Waals surface area contributed by atoms with E-state index in [9.17, 15) is 9.18 Å². The van der Waals surface area contributed by atoms with E-state index in [1.165, 1.54) is 11.7 Å².